The second kappa shape index (κ2) is 6.52. The number of nitrogens with one attached hydrogen (secondary N) is 1. The smallest absolute Gasteiger partial charge is 0.255 e. The first-order valence-electron chi connectivity index (χ1n) is 7.88. The van der Waals surface area contributed by atoms with Crippen LogP contribution in [0.5, 0.6) is 0 Å². The summed E-state index contributed by atoms with van der Waals surface area (Å²) in [6.07, 6.45) is 3.26. The molecule has 2 aromatic heterocycles. The highest BCUT2D eigenvalue weighted by Crippen LogP contribution is 2.16. The first-order chi connectivity index (χ1) is 12.3. The fourth-order valence-corrected chi connectivity index (χ4v) is 2.63. The molecule has 122 valence electrons. The van der Waals surface area contributed by atoms with E-state index in [1.165, 1.54) is 0 Å². The Balaban J connectivity index is 1.58. The van der Waals surface area contributed by atoms with Crippen molar-refractivity contribution in [2.75, 3.05) is 5.32 Å². The molecule has 6 nitrogen and oxygen atoms in total. The summed E-state index contributed by atoms with van der Waals surface area (Å²) in [5.74, 6) is -0.201. The van der Waals surface area contributed by atoms with E-state index in [1.54, 1.807) is 36.7 Å². The normalized spacial score (nSPS) is 10.7. The van der Waals surface area contributed by atoms with Gasteiger partial charge in [-0.3, -0.25) is 9.78 Å². The van der Waals surface area contributed by atoms with Crippen LogP contribution in [0.15, 0.2) is 73.1 Å². The predicted octanol–water partition coefficient (Wildman–Crippen LogP) is 3.13. The van der Waals surface area contributed by atoms with Gasteiger partial charge in [-0.25, -0.2) is 4.68 Å². The lowest BCUT2D eigenvalue weighted by atomic mass is 10.1. The number of amides is 1. The van der Waals surface area contributed by atoms with Crippen LogP contribution in [-0.4, -0.2) is 25.9 Å². The van der Waals surface area contributed by atoms with Gasteiger partial charge in [0.05, 0.1) is 23.9 Å². The summed E-state index contributed by atoms with van der Waals surface area (Å²) in [5, 5.41) is 11.2. The van der Waals surface area contributed by atoms with Gasteiger partial charge in [-0.05, 0) is 35.9 Å². The number of hydrogen-bond acceptors (Lipinski definition) is 4. The zero-order chi connectivity index (χ0) is 17.1. The van der Waals surface area contributed by atoms with Crippen LogP contribution in [0.2, 0.25) is 0 Å². The molecule has 0 unspecified atom stereocenters. The second-order valence-electron chi connectivity index (χ2n) is 5.63. The molecule has 4 rings (SSSR count). The molecule has 0 aliphatic heterocycles. The molecule has 25 heavy (non-hydrogen) atoms. The predicted molar refractivity (Wildman–Crippen MR) is 95.3 cm³/mol. The Kier molecular flexibility index (Phi) is 3.92. The molecular formula is C19H15N5O. The van der Waals surface area contributed by atoms with Crippen molar-refractivity contribution < 1.29 is 4.79 Å². The summed E-state index contributed by atoms with van der Waals surface area (Å²) in [6.45, 7) is 0.637. The molecule has 0 spiro atoms. The van der Waals surface area contributed by atoms with Crippen LogP contribution in [0.4, 0.5) is 5.69 Å². The van der Waals surface area contributed by atoms with Crippen LogP contribution in [0, 0.1) is 0 Å². The molecule has 6 heteroatoms. The van der Waals surface area contributed by atoms with Gasteiger partial charge < -0.3 is 5.32 Å². The zero-order valence-corrected chi connectivity index (χ0v) is 13.3. The van der Waals surface area contributed by atoms with Crippen molar-refractivity contribution in [2.24, 2.45) is 0 Å². The van der Waals surface area contributed by atoms with Gasteiger partial charge in [0.15, 0.2) is 0 Å². The minimum atomic E-state index is -0.201. The molecular weight excluding hydrogens is 314 g/mol. The fourth-order valence-electron chi connectivity index (χ4n) is 2.63. The van der Waals surface area contributed by atoms with Gasteiger partial charge in [-0.1, -0.05) is 35.5 Å². The summed E-state index contributed by atoms with van der Waals surface area (Å²) < 4.78 is 1.83. The third kappa shape index (κ3) is 3.23. The van der Waals surface area contributed by atoms with Gasteiger partial charge in [0, 0.05) is 11.8 Å². The van der Waals surface area contributed by atoms with Crippen LogP contribution in [0.3, 0.4) is 0 Å². The van der Waals surface area contributed by atoms with E-state index < -0.39 is 0 Å². The highest BCUT2D eigenvalue weighted by atomic mass is 16.1. The third-order valence-corrected chi connectivity index (χ3v) is 3.87. The average Bonchev–Trinajstić information content (AvgIpc) is 3.05. The number of carbonyl (C=O) groups is 1. The Morgan fingerprint density at radius 1 is 1.04 bits per heavy atom. The maximum absolute atomic E-state index is 12.4. The highest BCUT2D eigenvalue weighted by molar-refractivity contribution is 6.05. The van der Waals surface area contributed by atoms with E-state index in [2.05, 4.69) is 20.6 Å². The van der Waals surface area contributed by atoms with Gasteiger partial charge >= 0.3 is 0 Å². The summed E-state index contributed by atoms with van der Waals surface area (Å²) in [5.41, 5.74) is 3.91. The number of nitrogens with zero attached hydrogens (tertiary/aromatic N) is 4. The molecule has 0 bridgehead atoms. The lowest BCUT2D eigenvalue weighted by Crippen LogP contribution is -2.11. The van der Waals surface area contributed by atoms with E-state index in [9.17, 15) is 4.79 Å². The van der Waals surface area contributed by atoms with Crippen molar-refractivity contribution in [3.8, 4) is 0 Å². The van der Waals surface area contributed by atoms with Crippen LogP contribution >= 0.6 is 0 Å². The van der Waals surface area contributed by atoms with Crippen molar-refractivity contribution in [3.63, 3.8) is 0 Å². The highest BCUT2D eigenvalue weighted by Gasteiger charge is 2.11. The number of aromatic nitrogens is 4. The molecule has 0 atom stereocenters. The third-order valence-electron chi connectivity index (χ3n) is 3.87. The lowest BCUT2D eigenvalue weighted by molar-refractivity contribution is 0.102. The Labute approximate surface area is 144 Å². The van der Waals surface area contributed by atoms with Crippen LogP contribution < -0.4 is 5.32 Å². The summed E-state index contributed by atoms with van der Waals surface area (Å²) in [6, 6.07) is 19.0. The van der Waals surface area contributed by atoms with Gasteiger partial charge in [0.2, 0.25) is 0 Å². The van der Waals surface area contributed by atoms with Crippen molar-refractivity contribution in [1.82, 2.24) is 20.0 Å². The van der Waals surface area contributed by atoms with E-state index in [0.717, 1.165) is 11.1 Å². The van der Waals surface area contributed by atoms with Gasteiger partial charge in [0.1, 0.15) is 5.52 Å². The first-order valence-corrected chi connectivity index (χ1v) is 7.88. The monoisotopic (exact) mass is 329 g/mol. The topological polar surface area (TPSA) is 72.7 Å². The van der Waals surface area contributed by atoms with Gasteiger partial charge in [0.25, 0.3) is 5.91 Å². The Morgan fingerprint density at radius 3 is 2.72 bits per heavy atom. The minimum absolute atomic E-state index is 0.201. The summed E-state index contributed by atoms with van der Waals surface area (Å²) in [4.78, 5) is 16.3. The van der Waals surface area contributed by atoms with Crippen molar-refractivity contribution in [3.05, 3.63) is 84.2 Å². The van der Waals surface area contributed by atoms with Crippen molar-refractivity contribution in [1.29, 1.82) is 0 Å². The quantitative estimate of drug-likeness (QED) is 0.624. The molecule has 2 aromatic carbocycles. The number of pyridine rings is 1. The molecule has 0 aliphatic carbocycles. The molecule has 1 N–H and O–H groups in total. The Morgan fingerprint density at radius 2 is 1.92 bits per heavy atom. The SMILES string of the molecule is O=C(Nc1cccnc1)c1ccc2c(c1)nnn2Cc1ccccc1. The average molecular weight is 329 g/mol. The van der Waals surface area contributed by atoms with Crippen LogP contribution in [0.1, 0.15) is 15.9 Å². The van der Waals surface area contributed by atoms with E-state index >= 15 is 0 Å². The zero-order valence-electron chi connectivity index (χ0n) is 13.3. The van der Waals surface area contributed by atoms with Crippen LogP contribution in [-0.2, 0) is 6.54 Å². The summed E-state index contributed by atoms with van der Waals surface area (Å²) >= 11 is 0. The van der Waals surface area contributed by atoms with Crippen LogP contribution in [0.25, 0.3) is 11.0 Å². The van der Waals surface area contributed by atoms with E-state index in [4.69, 9.17) is 0 Å². The molecule has 0 fully saturated rings. The molecule has 0 saturated heterocycles. The maximum atomic E-state index is 12.4. The maximum Gasteiger partial charge on any atom is 0.255 e. The summed E-state index contributed by atoms with van der Waals surface area (Å²) in [7, 11) is 0. The first kappa shape index (κ1) is 15.0. The van der Waals surface area contributed by atoms with Gasteiger partial charge in [-0.15, -0.1) is 5.10 Å². The number of fused-ring (bicyclic) bond motifs is 1. The van der Waals surface area contributed by atoms with E-state index in [0.29, 0.717) is 23.3 Å². The number of rotatable bonds is 4. The molecule has 1 amide bonds. The molecule has 0 radical (unpaired) electrons. The fraction of sp³-hybridized carbons (Fsp3) is 0.0526. The van der Waals surface area contributed by atoms with Crippen molar-refractivity contribution >= 4 is 22.6 Å². The van der Waals surface area contributed by atoms with Crippen molar-refractivity contribution in [2.45, 2.75) is 6.54 Å². The lowest BCUT2D eigenvalue weighted by Gasteiger charge is -2.05. The Bertz CT molecular complexity index is 1010. The number of benzene rings is 2. The molecule has 4 aromatic rings. The second-order valence-corrected chi connectivity index (χ2v) is 5.63. The molecule has 2 heterocycles. The number of anilines is 1. The largest absolute Gasteiger partial charge is 0.321 e. The standard InChI is InChI=1S/C19H15N5O/c25-19(21-16-7-4-10-20-12-16)15-8-9-18-17(11-15)22-23-24(18)13-14-5-2-1-3-6-14/h1-12H,13H2,(H,21,25). The number of carbonyl (C=O) groups excluding carboxylic acids is 1. The van der Waals surface area contributed by atoms with E-state index in [-0.39, 0.29) is 5.91 Å². The Hall–Kier alpha value is -3.54. The van der Waals surface area contributed by atoms with E-state index in [1.807, 2.05) is 41.1 Å². The molecule has 0 saturated carbocycles. The van der Waals surface area contributed by atoms with Gasteiger partial charge in [-0.2, -0.15) is 0 Å². The number of hydrogen-bond donors (Lipinski definition) is 1. The minimum Gasteiger partial charge on any atom is -0.321 e. The molecule has 0 aliphatic rings.